The molecule has 6 nitrogen and oxygen atoms in total. The maximum absolute atomic E-state index is 13.6. The minimum atomic E-state index is -0.783. The van der Waals surface area contributed by atoms with Gasteiger partial charge < -0.3 is 5.32 Å². The molecular formula is C15H11F2N3O3S. The third-order valence-electron chi connectivity index (χ3n) is 3.53. The van der Waals surface area contributed by atoms with Crippen LogP contribution in [0.25, 0.3) is 10.2 Å². The van der Waals surface area contributed by atoms with Crippen LogP contribution in [0.4, 0.5) is 14.5 Å². The Morgan fingerprint density at radius 3 is 2.54 bits per heavy atom. The number of nitrogens with zero attached hydrogens (tertiary/aromatic N) is 2. The number of halogens is 2. The smallest absolute Gasteiger partial charge is 0.319 e. The molecule has 0 aliphatic rings. The molecular weight excluding hydrogens is 340 g/mol. The number of anilines is 1. The van der Waals surface area contributed by atoms with Gasteiger partial charge in [0.25, 0.3) is 11.5 Å². The van der Waals surface area contributed by atoms with Gasteiger partial charge in [-0.3, -0.25) is 18.7 Å². The van der Waals surface area contributed by atoms with Gasteiger partial charge in [-0.2, -0.15) is 0 Å². The van der Waals surface area contributed by atoms with Gasteiger partial charge in [0, 0.05) is 20.2 Å². The van der Waals surface area contributed by atoms with Crippen LogP contribution in [-0.2, 0) is 14.1 Å². The molecule has 124 valence electrons. The molecule has 0 saturated carbocycles. The zero-order valence-corrected chi connectivity index (χ0v) is 13.4. The number of benzene rings is 1. The molecule has 1 aromatic carbocycles. The number of carbonyl (C=O) groups is 1. The quantitative estimate of drug-likeness (QED) is 0.766. The van der Waals surface area contributed by atoms with E-state index in [1.165, 1.54) is 24.7 Å². The standard InChI is InChI=1S/C15H11F2N3O3S/c1-19-13(22)8-6-11(24-14(8)20(2)15(19)23)12(21)18-10-5-7(16)3-4-9(10)17/h3-6H,1-2H3,(H,18,21). The molecule has 3 rings (SSSR count). The normalized spacial score (nSPS) is 11.0. The van der Waals surface area contributed by atoms with E-state index in [0.29, 0.717) is 4.83 Å². The van der Waals surface area contributed by atoms with Gasteiger partial charge in [-0.1, -0.05) is 0 Å². The van der Waals surface area contributed by atoms with E-state index in [1.807, 2.05) is 0 Å². The second-order valence-corrected chi connectivity index (χ2v) is 6.14. The number of hydrogen-bond donors (Lipinski definition) is 1. The second-order valence-electron chi connectivity index (χ2n) is 5.11. The van der Waals surface area contributed by atoms with Crippen LogP contribution in [0.5, 0.6) is 0 Å². The number of hydrogen-bond acceptors (Lipinski definition) is 4. The summed E-state index contributed by atoms with van der Waals surface area (Å²) < 4.78 is 29.0. The Morgan fingerprint density at radius 1 is 1.12 bits per heavy atom. The monoisotopic (exact) mass is 351 g/mol. The fraction of sp³-hybridized carbons (Fsp3) is 0.133. The highest BCUT2D eigenvalue weighted by Gasteiger charge is 2.17. The fourth-order valence-corrected chi connectivity index (χ4v) is 3.25. The van der Waals surface area contributed by atoms with Crippen molar-refractivity contribution >= 4 is 33.1 Å². The molecule has 24 heavy (non-hydrogen) atoms. The average molecular weight is 351 g/mol. The van der Waals surface area contributed by atoms with Crippen molar-refractivity contribution < 1.29 is 13.6 Å². The highest BCUT2D eigenvalue weighted by atomic mass is 32.1. The maximum Gasteiger partial charge on any atom is 0.331 e. The molecule has 2 aromatic heterocycles. The summed E-state index contributed by atoms with van der Waals surface area (Å²) in [6.45, 7) is 0. The molecule has 2 heterocycles. The molecule has 0 bridgehead atoms. The van der Waals surface area contributed by atoms with Gasteiger partial charge in [0.05, 0.1) is 16.0 Å². The Kier molecular flexibility index (Phi) is 3.80. The molecule has 0 spiro atoms. The summed E-state index contributed by atoms with van der Waals surface area (Å²) in [5.41, 5.74) is -1.35. The summed E-state index contributed by atoms with van der Waals surface area (Å²) in [5.74, 6) is -2.18. The van der Waals surface area contributed by atoms with Crippen molar-refractivity contribution in [3.05, 3.63) is 61.6 Å². The number of aromatic nitrogens is 2. The summed E-state index contributed by atoms with van der Waals surface area (Å²) in [4.78, 5) is 36.7. The predicted octanol–water partition coefficient (Wildman–Crippen LogP) is 1.83. The molecule has 3 aromatic rings. The molecule has 0 aliphatic heterocycles. The minimum Gasteiger partial charge on any atom is -0.319 e. The highest BCUT2D eigenvalue weighted by Crippen LogP contribution is 2.23. The maximum atomic E-state index is 13.6. The molecule has 9 heteroatoms. The first-order valence-corrected chi connectivity index (χ1v) is 7.57. The van der Waals surface area contributed by atoms with Gasteiger partial charge in [-0.25, -0.2) is 13.6 Å². The van der Waals surface area contributed by atoms with Crippen LogP contribution in [-0.4, -0.2) is 15.0 Å². The molecule has 0 fully saturated rings. The molecule has 1 amide bonds. The van der Waals surface area contributed by atoms with E-state index in [4.69, 9.17) is 0 Å². The second kappa shape index (κ2) is 5.68. The highest BCUT2D eigenvalue weighted by molar-refractivity contribution is 7.20. The van der Waals surface area contributed by atoms with Crippen molar-refractivity contribution in [2.45, 2.75) is 0 Å². The van der Waals surface area contributed by atoms with Crippen LogP contribution in [0.1, 0.15) is 9.67 Å². The molecule has 0 aliphatic carbocycles. The number of aryl methyl sites for hydroxylation is 1. The summed E-state index contributed by atoms with van der Waals surface area (Å²) in [7, 11) is 2.82. The van der Waals surface area contributed by atoms with Crippen molar-refractivity contribution in [3.8, 4) is 0 Å². The van der Waals surface area contributed by atoms with E-state index in [0.717, 1.165) is 34.1 Å². The van der Waals surface area contributed by atoms with Crippen LogP contribution >= 0.6 is 11.3 Å². The van der Waals surface area contributed by atoms with E-state index in [1.54, 1.807) is 0 Å². The van der Waals surface area contributed by atoms with E-state index in [2.05, 4.69) is 5.32 Å². The van der Waals surface area contributed by atoms with Crippen LogP contribution in [0.15, 0.2) is 33.9 Å². The van der Waals surface area contributed by atoms with E-state index in [-0.39, 0.29) is 16.0 Å². The third-order valence-corrected chi connectivity index (χ3v) is 4.74. The average Bonchev–Trinajstić information content (AvgIpc) is 3.00. The van der Waals surface area contributed by atoms with Crippen molar-refractivity contribution in [1.29, 1.82) is 0 Å². The number of rotatable bonds is 2. The molecule has 0 atom stereocenters. The third kappa shape index (κ3) is 2.52. The number of fused-ring (bicyclic) bond motifs is 1. The Labute approximate surface area is 137 Å². The zero-order valence-electron chi connectivity index (χ0n) is 12.6. The van der Waals surface area contributed by atoms with E-state index < -0.39 is 28.8 Å². The predicted molar refractivity (Wildman–Crippen MR) is 86.6 cm³/mol. The SMILES string of the molecule is Cn1c(=O)c2cc(C(=O)Nc3cc(F)ccc3F)sc2n(C)c1=O. The number of thiophene rings is 1. The Balaban J connectivity index is 2.07. The number of nitrogens with one attached hydrogen (secondary N) is 1. The van der Waals surface area contributed by atoms with Gasteiger partial charge in [-0.05, 0) is 18.2 Å². The summed E-state index contributed by atoms with van der Waals surface area (Å²) in [6, 6.07) is 4.02. The largest absolute Gasteiger partial charge is 0.331 e. The molecule has 0 saturated heterocycles. The first-order valence-electron chi connectivity index (χ1n) is 6.75. The van der Waals surface area contributed by atoms with Crippen molar-refractivity contribution in [2.24, 2.45) is 14.1 Å². The van der Waals surface area contributed by atoms with Crippen molar-refractivity contribution in [2.75, 3.05) is 5.32 Å². The lowest BCUT2D eigenvalue weighted by molar-refractivity contribution is 0.103. The van der Waals surface area contributed by atoms with Crippen LogP contribution < -0.4 is 16.6 Å². The van der Waals surface area contributed by atoms with E-state index in [9.17, 15) is 23.2 Å². The summed E-state index contributed by atoms with van der Waals surface area (Å²) in [5, 5.41) is 2.46. The first kappa shape index (κ1) is 16.1. The van der Waals surface area contributed by atoms with Crippen LogP contribution in [0.3, 0.4) is 0 Å². The lowest BCUT2D eigenvalue weighted by Gasteiger charge is -2.04. The van der Waals surface area contributed by atoms with Gasteiger partial charge in [0.1, 0.15) is 16.5 Å². The number of amides is 1. The lowest BCUT2D eigenvalue weighted by Crippen LogP contribution is -2.36. The zero-order chi connectivity index (χ0) is 17.6. The first-order chi connectivity index (χ1) is 11.3. The van der Waals surface area contributed by atoms with Crippen LogP contribution in [0, 0.1) is 11.6 Å². The molecule has 0 unspecified atom stereocenters. The summed E-state index contributed by atoms with van der Waals surface area (Å²) in [6.07, 6.45) is 0. The Bertz CT molecular complexity index is 1100. The van der Waals surface area contributed by atoms with Gasteiger partial charge in [-0.15, -0.1) is 11.3 Å². The van der Waals surface area contributed by atoms with Crippen molar-refractivity contribution in [3.63, 3.8) is 0 Å². The number of carbonyl (C=O) groups excluding carboxylic acids is 1. The minimum absolute atomic E-state index is 0.104. The van der Waals surface area contributed by atoms with Crippen LogP contribution in [0.2, 0.25) is 0 Å². The lowest BCUT2D eigenvalue weighted by atomic mass is 10.3. The fourth-order valence-electron chi connectivity index (χ4n) is 2.25. The topological polar surface area (TPSA) is 73.1 Å². The molecule has 1 N–H and O–H groups in total. The summed E-state index contributed by atoms with van der Waals surface area (Å²) >= 11 is 0.920. The van der Waals surface area contributed by atoms with E-state index >= 15 is 0 Å². The Morgan fingerprint density at radius 2 is 1.83 bits per heavy atom. The van der Waals surface area contributed by atoms with Gasteiger partial charge >= 0.3 is 5.69 Å². The Hall–Kier alpha value is -2.81. The van der Waals surface area contributed by atoms with Crippen molar-refractivity contribution in [1.82, 2.24) is 9.13 Å². The van der Waals surface area contributed by atoms with Gasteiger partial charge in [0.15, 0.2) is 0 Å². The molecule has 0 radical (unpaired) electrons. The van der Waals surface area contributed by atoms with Gasteiger partial charge in [0.2, 0.25) is 0 Å².